The lowest BCUT2D eigenvalue weighted by Crippen LogP contribution is -2.36. The Morgan fingerprint density at radius 2 is 2.18 bits per heavy atom. The third-order valence-corrected chi connectivity index (χ3v) is 4.27. The summed E-state index contributed by atoms with van der Waals surface area (Å²) in [6, 6.07) is 5.84. The second-order valence-corrected chi connectivity index (χ2v) is 5.81. The zero-order chi connectivity index (χ0) is 16.3. The van der Waals surface area contributed by atoms with Gasteiger partial charge in [-0.25, -0.2) is 0 Å². The van der Waals surface area contributed by atoms with Crippen LogP contribution in [0.2, 0.25) is 0 Å². The standard InChI is InChI=1S/C15H16N2O4S/c1-10(8-11-6-7-22-9-11)16(2)15(19)12-4-3-5-13(14(12)18)17(20)21/h3-7,9-10,18H,8H2,1-2H3/t10-/m0/s1. The summed E-state index contributed by atoms with van der Waals surface area (Å²) in [4.78, 5) is 24.1. The molecule has 1 atom stereocenters. The summed E-state index contributed by atoms with van der Waals surface area (Å²) in [6.45, 7) is 1.89. The van der Waals surface area contributed by atoms with Gasteiger partial charge in [0.1, 0.15) is 0 Å². The largest absolute Gasteiger partial charge is 0.502 e. The van der Waals surface area contributed by atoms with E-state index in [1.165, 1.54) is 23.1 Å². The van der Waals surface area contributed by atoms with Gasteiger partial charge in [0.2, 0.25) is 5.75 Å². The van der Waals surface area contributed by atoms with Crippen LogP contribution in [0.3, 0.4) is 0 Å². The van der Waals surface area contributed by atoms with Crippen molar-refractivity contribution in [2.24, 2.45) is 0 Å². The van der Waals surface area contributed by atoms with Crippen molar-refractivity contribution in [3.63, 3.8) is 0 Å². The highest BCUT2D eigenvalue weighted by atomic mass is 32.1. The fourth-order valence-corrected chi connectivity index (χ4v) is 2.81. The van der Waals surface area contributed by atoms with Crippen LogP contribution in [0, 0.1) is 10.1 Å². The highest BCUT2D eigenvalue weighted by Gasteiger charge is 2.25. The quantitative estimate of drug-likeness (QED) is 0.678. The molecule has 0 spiro atoms. The Bertz CT molecular complexity index is 685. The van der Waals surface area contributed by atoms with Crippen LogP contribution in [0.5, 0.6) is 5.75 Å². The smallest absolute Gasteiger partial charge is 0.311 e. The Hall–Kier alpha value is -2.41. The minimum Gasteiger partial charge on any atom is -0.502 e. The summed E-state index contributed by atoms with van der Waals surface area (Å²) in [7, 11) is 1.62. The van der Waals surface area contributed by atoms with Gasteiger partial charge in [-0.15, -0.1) is 0 Å². The topological polar surface area (TPSA) is 83.7 Å². The number of hydrogen-bond donors (Lipinski definition) is 1. The molecule has 2 rings (SSSR count). The van der Waals surface area contributed by atoms with E-state index < -0.39 is 22.3 Å². The van der Waals surface area contributed by atoms with Crippen molar-refractivity contribution < 1.29 is 14.8 Å². The van der Waals surface area contributed by atoms with Crippen LogP contribution in [-0.4, -0.2) is 33.9 Å². The highest BCUT2D eigenvalue weighted by Crippen LogP contribution is 2.30. The summed E-state index contributed by atoms with van der Waals surface area (Å²) in [5, 5.41) is 24.7. The highest BCUT2D eigenvalue weighted by molar-refractivity contribution is 7.07. The number of nitro groups is 1. The molecule has 0 unspecified atom stereocenters. The zero-order valence-corrected chi connectivity index (χ0v) is 13.0. The number of thiophene rings is 1. The molecule has 0 aliphatic carbocycles. The third kappa shape index (κ3) is 3.25. The number of amides is 1. The second-order valence-electron chi connectivity index (χ2n) is 5.03. The molecular weight excluding hydrogens is 304 g/mol. The Morgan fingerprint density at radius 1 is 1.45 bits per heavy atom. The van der Waals surface area contributed by atoms with Gasteiger partial charge in [-0.2, -0.15) is 11.3 Å². The van der Waals surface area contributed by atoms with E-state index in [0.29, 0.717) is 6.42 Å². The van der Waals surface area contributed by atoms with Crippen LogP contribution in [0.15, 0.2) is 35.0 Å². The SMILES string of the molecule is C[C@@H](Cc1ccsc1)N(C)C(=O)c1cccc([N+](=O)[O-])c1O. The molecule has 6 nitrogen and oxygen atoms in total. The number of phenols is 1. The minimum absolute atomic E-state index is 0.0612. The van der Waals surface area contributed by atoms with E-state index >= 15 is 0 Å². The summed E-state index contributed by atoms with van der Waals surface area (Å²) < 4.78 is 0. The van der Waals surface area contributed by atoms with Gasteiger partial charge in [0.15, 0.2) is 0 Å². The number of benzene rings is 1. The summed E-state index contributed by atoms with van der Waals surface area (Å²) >= 11 is 1.59. The van der Waals surface area contributed by atoms with Crippen LogP contribution in [0.4, 0.5) is 5.69 Å². The van der Waals surface area contributed by atoms with Crippen LogP contribution >= 0.6 is 11.3 Å². The lowest BCUT2D eigenvalue weighted by Gasteiger charge is -2.25. The molecule has 1 heterocycles. The minimum atomic E-state index is -0.707. The van der Waals surface area contributed by atoms with Gasteiger partial charge >= 0.3 is 5.69 Å². The van der Waals surface area contributed by atoms with Crippen molar-refractivity contribution in [3.05, 3.63) is 56.3 Å². The molecule has 1 aromatic carbocycles. The summed E-state index contributed by atoms with van der Waals surface area (Å²) in [5.41, 5.74) is 0.596. The van der Waals surface area contributed by atoms with Crippen molar-refractivity contribution in [2.45, 2.75) is 19.4 Å². The summed E-state index contributed by atoms with van der Waals surface area (Å²) in [5.74, 6) is -1.03. The number of rotatable bonds is 5. The molecule has 1 amide bonds. The normalized spacial score (nSPS) is 11.9. The molecule has 0 saturated heterocycles. The molecule has 0 saturated carbocycles. The monoisotopic (exact) mass is 320 g/mol. The lowest BCUT2D eigenvalue weighted by atomic mass is 10.1. The number of phenolic OH excluding ortho intramolecular Hbond substituents is 1. The number of nitrogens with zero attached hydrogens (tertiary/aromatic N) is 2. The number of carbonyl (C=O) groups excluding carboxylic acids is 1. The van der Waals surface area contributed by atoms with Gasteiger partial charge in [-0.3, -0.25) is 14.9 Å². The van der Waals surface area contributed by atoms with Crippen molar-refractivity contribution in [1.82, 2.24) is 4.90 Å². The Morgan fingerprint density at radius 3 is 2.77 bits per heavy atom. The molecule has 0 aliphatic heterocycles. The van der Waals surface area contributed by atoms with Crippen LogP contribution in [0.1, 0.15) is 22.8 Å². The Labute approximate surface area is 131 Å². The van der Waals surface area contributed by atoms with Crippen LogP contribution in [-0.2, 0) is 6.42 Å². The molecule has 2 aromatic rings. The third-order valence-electron chi connectivity index (χ3n) is 3.53. The van der Waals surface area contributed by atoms with Crippen molar-refractivity contribution in [3.8, 4) is 5.75 Å². The fraction of sp³-hybridized carbons (Fsp3) is 0.267. The molecule has 1 aromatic heterocycles. The average molecular weight is 320 g/mol. The van der Waals surface area contributed by atoms with E-state index in [2.05, 4.69) is 0 Å². The van der Waals surface area contributed by atoms with Crippen LogP contribution in [0.25, 0.3) is 0 Å². The van der Waals surface area contributed by atoms with Crippen LogP contribution < -0.4 is 0 Å². The fourth-order valence-electron chi connectivity index (χ4n) is 2.13. The first-order chi connectivity index (χ1) is 10.4. The van der Waals surface area contributed by atoms with E-state index in [1.807, 2.05) is 23.8 Å². The average Bonchev–Trinajstić information content (AvgIpc) is 2.98. The van der Waals surface area contributed by atoms with Gasteiger partial charge in [0.25, 0.3) is 5.91 Å². The number of nitro benzene ring substituents is 1. The number of para-hydroxylation sites is 1. The maximum absolute atomic E-state index is 12.5. The maximum atomic E-state index is 12.5. The first-order valence-corrected chi connectivity index (χ1v) is 7.60. The van der Waals surface area contributed by atoms with Gasteiger partial charge in [0.05, 0.1) is 10.5 Å². The molecule has 0 aliphatic rings. The van der Waals surface area contributed by atoms with E-state index in [4.69, 9.17) is 0 Å². The second kappa shape index (κ2) is 6.57. The molecule has 1 N–H and O–H groups in total. The van der Waals surface area contributed by atoms with E-state index in [0.717, 1.165) is 5.56 Å². The summed E-state index contributed by atoms with van der Waals surface area (Å²) in [6.07, 6.45) is 0.682. The van der Waals surface area contributed by atoms with E-state index in [-0.39, 0.29) is 11.6 Å². The van der Waals surface area contributed by atoms with Crippen molar-refractivity contribution >= 4 is 22.9 Å². The number of carbonyl (C=O) groups is 1. The molecule has 0 radical (unpaired) electrons. The number of aromatic hydroxyl groups is 1. The van der Waals surface area contributed by atoms with Gasteiger partial charge in [-0.1, -0.05) is 6.07 Å². The molecular formula is C15H16N2O4S. The Balaban J connectivity index is 2.20. The number of hydrogen-bond acceptors (Lipinski definition) is 5. The van der Waals surface area contributed by atoms with E-state index in [9.17, 15) is 20.0 Å². The number of likely N-dealkylation sites (N-methyl/N-ethyl adjacent to an activating group) is 1. The van der Waals surface area contributed by atoms with Crippen molar-refractivity contribution in [1.29, 1.82) is 0 Å². The molecule has 0 bridgehead atoms. The first kappa shape index (κ1) is 16.0. The molecule has 7 heteroatoms. The molecule has 22 heavy (non-hydrogen) atoms. The maximum Gasteiger partial charge on any atom is 0.311 e. The van der Waals surface area contributed by atoms with E-state index in [1.54, 1.807) is 18.4 Å². The Kier molecular flexibility index (Phi) is 4.77. The van der Waals surface area contributed by atoms with Gasteiger partial charge < -0.3 is 10.0 Å². The lowest BCUT2D eigenvalue weighted by molar-refractivity contribution is -0.385. The van der Waals surface area contributed by atoms with Crippen molar-refractivity contribution in [2.75, 3.05) is 7.05 Å². The molecule has 0 fully saturated rings. The van der Waals surface area contributed by atoms with Gasteiger partial charge in [0, 0.05) is 19.2 Å². The zero-order valence-electron chi connectivity index (χ0n) is 12.2. The first-order valence-electron chi connectivity index (χ1n) is 6.66. The predicted molar refractivity (Wildman–Crippen MR) is 84.3 cm³/mol. The van der Waals surface area contributed by atoms with Gasteiger partial charge in [-0.05, 0) is 41.8 Å². The molecule has 116 valence electrons. The predicted octanol–water partition coefficient (Wildman–Crippen LogP) is 3.07.